The molecule has 1 aromatic heterocycles. The van der Waals surface area contributed by atoms with Crippen LogP contribution in [0.25, 0.3) is 10.2 Å². The fraction of sp³-hybridized carbons (Fsp3) is 0.500. The standard InChI is InChI=1S/C26H36N4O7S/c1-19-4-3-5-24-25(19)27-26(38-24)29-28-21-17-23(34-2)22(16-20(21)18-33)30(6-10-35-12-8-31)7-11-36-14-15-37-13-9-32/h3-5,16-17,31-33H,6-15,18H2,1-2H3/b29-28+. The molecule has 11 nitrogen and oxygen atoms in total. The zero-order valence-corrected chi connectivity index (χ0v) is 22.7. The lowest BCUT2D eigenvalue weighted by Gasteiger charge is -2.27. The van der Waals surface area contributed by atoms with Crippen molar-refractivity contribution in [2.24, 2.45) is 10.2 Å². The van der Waals surface area contributed by atoms with E-state index in [1.54, 1.807) is 13.2 Å². The number of aliphatic hydroxyl groups is 3. The summed E-state index contributed by atoms with van der Waals surface area (Å²) in [5.74, 6) is 0.560. The molecular weight excluding hydrogens is 512 g/mol. The third-order valence-corrected chi connectivity index (χ3v) is 6.50. The molecule has 3 N–H and O–H groups in total. The van der Waals surface area contributed by atoms with Crippen molar-refractivity contribution in [1.29, 1.82) is 0 Å². The molecule has 38 heavy (non-hydrogen) atoms. The Kier molecular flexibility index (Phi) is 12.8. The van der Waals surface area contributed by atoms with Crippen molar-refractivity contribution in [3.8, 4) is 5.75 Å². The predicted molar refractivity (Wildman–Crippen MR) is 146 cm³/mol. The number of anilines is 1. The number of rotatable bonds is 18. The topological polar surface area (TPSA) is 138 Å². The largest absolute Gasteiger partial charge is 0.495 e. The first-order valence-electron chi connectivity index (χ1n) is 12.4. The van der Waals surface area contributed by atoms with Gasteiger partial charge >= 0.3 is 0 Å². The Morgan fingerprint density at radius 2 is 1.58 bits per heavy atom. The highest BCUT2D eigenvalue weighted by atomic mass is 32.1. The number of nitrogens with zero attached hydrogens (tertiary/aromatic N) is 4. The monoisotopic (exact) mass is 548 g/mol. The second kappa shape index (κ2) is 16.3. The number of aryl methyl sites for hydroxylation is 1. The minimum absolute atomic E-state index is 0.0234. The first-order valence-corrected chi connectivity index (χ1v) is 13.2. The molecule has 0 atom stereocenters. The predicted octanol–water partition coefficient (Wildman–Crippen LogP) is 3.36. The Morgan fingerprint density at radius 3 is 2.21 bits per heavy atom. The zero-order chi connectivity index (χ0) is 27.2. The summed E-state index contributed by atoms with van der Waals surface area (Å²) in [5, 5.41) is 37.2. The van der Waals surface area contributed by atoms with Crippen LogP contribution in [0.5, 0.6) is 5.75 Å². The maximum Gasteiger partial charge on any atom is 0.231 e. The number of azo groups is 1. The van der Waals surface area contributed by atoms with Gasteiger partial charge in [0, 0.05) is 24.7 Å². The highest BCUT2D eigenvalue weighted by molar-refractivity contribution is 7.21. The second-order valence-corrected chi connectivity index (χ2v) is 9.21. The Labute approximate surface area is 226 Å². The van der Waals surface area contributed by atoms with Crippen LogP contribution in [0.1, 0.15) is 11.1 Å². The fourth-order valence-corrected chi connectivity index (χ4v) is 4.57. The first-order chi connectivity index (χ1) is 18.6. The quantitative estimate of drug-likeness (QED) is 0.161. The van der Waals surface area contributed by atoms with E-state index in [1.165, 1.54) is 11.3 Å². The molecule has 0 aliphatic rings. The van der Waals surface area contributed by atoms with Crippen LogP contribution in [0.15, 0.2) is 40.6 Å². The molecule has 1 heterocycles. The summed E-state index contributed by atoms with van der Waals surface area (Å²) in [5.41, 5.74) is 3.80. The average Bonchev–Trinajstić information content (AvgIpc) is 3.36. The SMILES string of the molecule is COc1cc(/N=N/c2nc3c(C)cccc3s2)c(CO)cc1N(CCOCCO)CCOCCOCCO. The highest BCUT2D eigenvalue weighted by Gasteiger charge is 2.17. The van der Waals surface area contributed by atoms with Gasteiger partial charge in [0.15, 0.2) is 0 Å². The maximum absolute atomic E-state index is 10.1. The van der Waals surface area contributed by atoms with Gasteiger partial charge in [0.1, 0.15) is 5.75 Å². The van der Waals surface area contributed by atoms with Crippen LogP contribution in [0.2, 0.25) is 0 Å². The molecule has 0 aliphatic carbocycles. The van der Waals surface area contributed by atoms with E-state index in [-0.39, 0.29) is 33.0 Å². The molecule has 0 saturated carbocycles. The molecule has 0 unspecified atom stereocenters. The summed E-state index contributed by atoms with van der Waals surface area (Å²) in [6.07, 6.45) is 0. The second-order valence-electron chi connectivity index (χ2n) is 8.20. The summed E-state index contributed by atoms with van der Waals surface area (Å²) >= 11 is 1.45. The lowest BCUT2D eigenvalue weighted by molar-refractivity contribution is 0.0347. The van der Waals surface area contributed by atoms with Crippen molar-refractivity contribution in [3.63, 3.8) is 0 Å². The molecule has 0 saturated heterocycles. The number of ether oxygens (including phenoxy) is 4. The van der Waals surface area contributed by atoms with Gasteiger partial charge in [-0.25, -0.2) is 4.98 Å². The Morgan fingerprint density at radius 1 is 0.895 bits per heavy atom. The maximum atomic E-state index is 10.1. The summed E-state index contributed by atoms with van der Waals surface area (Å²) in [4.78, 5) is 6.60. The molecule has 208 valence electrons. The van der Waals surface area contributed by atoms with Crippen molar-refractivity contribution in [3.05, 3.63) is 41.5 Å². The van der Waals surface area contributed by atoms with Gasteiger partial charge in [-0.15, -0.1) is 10.2 Å². The molecule has 0 radical (unpaired) electrons. The van der Waals surface area contributed by atoms with Gasteiger partial charge in [0.05, 0.1) is 88.2 Å². The van der Waals surface area contributed by atoms with Gasteiger partial charge in [-0.1, -0.05) is 23.5 Å². The van der Waals surface area contributed by atoms with Crippen LogP contribution >= 0.6 is 11.3 Å². The van der Waals surface area contributed by atoms with E-state index in [0.717, 1.165) is 21.5 Å². The molecule has 0 fully saturated rings. The molecule has 3 rings (SSSR count). The minimum Gasteiger partial charge on any atom is -0.495 e. The summed E-state index contributed by atoms with van der Waals surface area (Å²) in [6, 6.07) is 9.56. The number of hydrogen-bond donors (Lipinski definition) is 3. The Balaban J connectivity index is 1.78. The van der Waals surface area contributed by atoms with Gasteiger partial charge < -0.3 is 39.2 Å². The Bertz CT molecular complexity index is 1160. The van der Waals surface area contributed by atoms with Crippen LogP contribution in [0.3, 0.4) is 0 Å². The molecule has 0 amide bonds. The fourth-order valence-electron chi connectivity index (χ4n) is 3.70. The number of para-hydroxylation sites is 1. The van der Waals surface area contributed by atoms with Crippen molar-refractivity contribution < 1.29 is 34.3 Å². The van der Waals surface area contributed by atoms with Gasteiger partial charge in [-0.2, -0.15) is 0 Å². The average molecular weight is 549 g/mol. The molecular formula is C26H36N4O7S. The van der Waals surface area contributed by atoms with Crippen LogP contribution in [-0.2, 0) is 20.8 Å². The van der Waals surface area contributed by atoms with E-state index < -0.39 is 0 Å². The molecule has 12 heteroatoms. The van der Waals surface area contributed by atoms with Crippen LogP contribution in [-0.4, -0.2) is 93.4 Å². The number of aliphatic hydroxyl groups excluding tert-OH is 3. The first kappa shape index (κ1) is 29.8. The van der Waals surface area contributed by atoms with E-state index in [2.05, 4.69) is 15.2 Å². The van der Waals surface area contributed by atoms with Crippen LogP contribution in [0.4, 0.5) is 16.5 Å². The molecule has 0 spiro atoms. The van der Waals surface area contributed by atoms with E-state index in [4.69, 9.17) is 29.2 Å². The molecule has 0 aliphatic heterocycles. The smallest absolute Gasteiger partial charge is 0.231 e. The van der Waals surface area contributed by atoms with Crippen molar-refractivity contribution in [2.75, 3.05) is 78.0 Å². The van der Waals surface area contributed by atoms with E-state index in [9.17, 15) is 5.11 Å². The normalized spacial score (nSPS) is 11.6. The summed E-state index contributed by atoms with van der Waals surface area (Å²) < 4.78 is 23.1. The van der Waals surface area contributed by atoms with Crippen LogP contribution < -0.4 is 9.64 Å². The lowest BCUT2D eigenvalue weighted by Crippen LogP contribution is -2.32. The summed E-state index contributed by atoms with van der Waals surface area (Å²) in [6.45, 7) is 4.85. The van der Waals surface area contributed by atoms with Crippen molar-refractivity contribution >= 4 is 38.1 Å². The van der Waals surface area contributed by atoms with Gasteiger partial charge in [-0.05, 0) is 24.6 Å². The molecule has 2 aromatic carbocycles. The Hall–Kier alpha value is -2.71. The lowest BCUT2D eigenvalue weighted by atomic mass is 10.1. The van der Waals surface area contributed by atoms with E-state index in [1.807, 2.05) is 36.1 Å². The van der Waals surface area contributed by atoms with E-state index in [0.29, 0.717) is 61.6 Å². The number of benzene rings is 2. The van der Waals surface area contributed by atoms with Crippen molar-refractivity contribution in [1.82, 2.24) is 4.98 Å². The number of methoxy groups -OCH3 is 1. The van der Waals surface area contributed by atoms with Gasteiger partial charge in [-0.3, -0.25) is 0 Å². The third-order valence-electron chi connectivity index (χ3n) is 5.60. The minimum atomic E-state index is -0.238. The van der Waals surface area contributed by atoms with Gasteiger partial charge in [0.2, 0.25) is 5.13 Å². The molecule has 0 bridgehead atoms. The molecule has 3 aromatic rings. The highest BCUT2D eigenvalue weighted by Crippen LogP contribution is 2.37. The third kappa shape index (κ3) is 8.67. The summed E-state index contributed by atoms with van der Waals surface area (Å²) in [7, 11) is 1.57. The number of thiazole rings is 1. The number of aromatic nitrogens is 1. The van der Waals surface area contributed by atoms with Crippen molar-refractivity contribution in [2.45, 2.75) is 13.5 Å². The van der Waals surface area contributed by atoms with E-state index >= 15 is 0 Å². The van der Waals surface area contributed by atoms with Crippen LogP contribution in [0, 0.1) is 6.92 Å². The zero-order valence-electron chi connectivity index (χ0n) is 21.8. The van der Waals surface area contributed by atoms with Gasteiger partial charge in [0.25, 0.3) is 0 Å². The number of fused-ring (bicyclic) bond motifs is 1. The number of hydrogen-bond acceptors (Lipinski definition) is 12.